The lowest BCUT2D eigenvalue weighted by Crippen LogP contribution is -2.23. The molecule has 0 N–H and O–H groups in total. The highest BCUT2D eigenvalue weighted by Gasteiger charge is 2.24. The first kappa shape index (κ1) is 28.2. The standard InChI is InChI=1S/C34H39F3O/c1-3-5-6-7-8-9-11-26-17-21-31(34(37)33(26)36)25-14-12-24(13-15-25)27-18-20-30(32(35)22-27)28-16-19-29(10-4-2)38-23-28/h4,10,12-15,17-18,20-22,28-29H,3,5-9,11,16,19,23H2,1-2H3. The average Bonchev–Trinajstić information content (AvgIpc) is 2.94. The van der Waals surface area contributed by atoms with Gasteiger partial charge in [-0.25, -0.2) is 13.2 Å². The van der Waals surface area contributed by atoms with Gasteiger partial charge in [0, 0.05) is 11.5 Å². The van der Waals surface area contributed by atoms with E-state index in [9.17, 15) is 8.78 Å². The number of rotatable bonds is 11. The molecule has 0 aromatic heterocycles. The molecule has 1 fully saturated rings. The van der Waals surface area contributed by atoms with Crippen LogP contribution in [0.15, 0.2) is 66.7 Å². The third kappa shape index (κ3) is 6.96. The van der Waals surface area contributed by atoms with Gasteiger partial charge in [0.2, 0.25) is 0 Å². The van der Waals surface area contributed by atoms with Crippen LogP contribution in [0.2, 0.25) is 0 Å². The van der Waals surface area contributed by atoms with Gasteiger partial charge in [0.1, 0.15) is 5.82 Å². The van der Waals surface area contributed by atoms with Gasteiger partial charge >= 0.3 is 0 Å². The summed E-state index contributed by atoms with van der Waals surface area (Å²) in [6, 6.07) is 15.9. The summed E-state index contributed by atoms with van der Waals surface area (Å²) >= 11 is 0. The third-order valence-electron chi connectivity index (χ3n) is 7.65. The summed E-state index contributed by atoms with van der Waals surface area (Å²) < 4.78 is 50.7. The molecule has 0 spiro atoms. The SMILES string of the molecule is CC=CC1CCC(c2ccc(-c3ccc(-c4ccc(CCCCCCCC)c(F)c4F)cc3)cc2F)CO1. The zero-order valence-electron chi connectivity index (χ0n) is 22.6. The molecule has 1 nitrogen and oxygen atoms in total. The van der Waals surface area contributed by atoms with Crippen LogP contribution in [0.1, 0.15) is 82.3 Å². The Morgan fingerprint density at radius 3 is 2.18 bits per heavy atom. The first-order chi connectivity index (χ1) is 18.5. The fraction of sp³-hybridized carbons (Fsp3) is 0.412. The van der Waals surface area contributed by atoms with Crippen molar-refractivity contribution in [1.82, 2.24) is 0 Å². The van der Waals surface area contributed by atoms with Gasteiger partial charge in [0.15, 0.2) is 11.6 Å². The molecule has 4 heteroatoms. The van der Waals surface area contributed by atoms with Crippen molar-refractivity contribution in [3.05, 3.63) is 95.3 Å². The van der Waals surface area contributed by atoms with Crippen LogP contribution < -0.4 is 0 Å². The normalized spacial score (nSPS) is 17.8. The van der Waals surface area contributed by atoms with Crippen LogP contribution in [0.4, 0.5) is 13.2 Å². The highest BCUT2D eigenvalue weighted by molar-refractivity contribution is 5.71. The van der Waals surface area contributed by atoms with E-state index in [4.69, 9.17) is 4.74 Å². The maximum absolute atomic E-state index is 15.1. The zero-order chi connectivity index (χ0) is 26.9. The van der Waals surface area contributed by atoms with Crippen LogP contribution in [-0.2, 0) is 11.2 Å². The number of hydrogen-bond donors (Lipinski definition) is 0. The number of benzene rings is 3. The fourth-order valence-electron chi connectivity index (χ4n) is 5.36. The Hall–Kier alpha value is -2.85. The van der Waals surface area contributed by atoms with E-state index in [2.05, 4.69) is 6.92 Å². The van der Waals surface area contributed by atoms with E-state index < -0.39 is 11.6 Å². The Bertz CT molecular complexity index is 1210. The van der Waals surface area contributed by atoms with Gasteiger partial charge in [0.25, 0.3) is 0 Å². The topological polar surface area (TPSA) is 9.23 Å². The molecule has 1 saturated heterocycles. The van der Waals surface area contributed by atoms with Gasteiger partial charge in [0.05, 0.1) is 12.7 Å². The lowest BCUT2D eigenvalue weighted by atomic mass is 9.89. The Kier molecular flexibility index (Phi) is 10.2. The van der Waals surface area contributed by atoms with Crippen LogP contribution in [0, 0.1) is 17.5 Å². The molecule has 1 aliphatic rings. The summed E-state index contributed by atoms with van der Waals surface area (Å²) in [7, 11) is 0. The fourth-order valence-corrected chi connectivity index (χ4v) is 5.36. The summed E-state index contributed by atoms with van der Waals surface area (Å²) in [6.07, 6.45) is 13.1. The van der Waals surface area contributed by atoms with Gasteiger partial charge in [-0.15, -0.1) is 0 Å². The van der Waals surface area contributed by atoms with E-state index in [-0.39, 0.29) is 23.4 Å². The molecule has 2 unspecified atom stereocenters. The zero-order valence-corrected chi connectivity index (χ0v) is 22.6. The predicted octanol–water partition coefficient (Wildman–Crippen LogP) is 10.2. The van der Waals surface area contributed by atoms with Gasteiger partial charge in [-0.3, -0.25) is 0 Å². The van der Waals surface area contributed by atoms with E-state index in [1.165, 1.54) is 19.3 Å². The summed E-state index contributed by atoms with van der Waals surface area (Å²) in [5, 5.41) is 0. The van der Waals surface area contributed by atoms with E-state index in [1.807, 2.05) is 43.3 Å². The van der Waals surface area contributed by atoms with Gasteiger partial charge < -0.3 is 4.74 Å². The first-order valence-electron chi connectivity index (χ1n) is 14.1. The van der Waals surface area contributed by atoms with Gasteiger partial charge in [-0.05, 0) is 66.5 Å². The van der Waals surface area contributed by atoms with Crippen molar-refractivity contribution in [2.24, 2.45) is 0 Å². The van der Waals surface area contributed by atoms with E-state index in [0.29, 0.717) is 29.7 Å². The molecular formula is C34H39F3O. The van der Waals surface area contributed by atoms with Gasteiger partial charge in [-0.2, -0.15) is 0 Å². The largest absolute Gasteiger partial charge is 0.374 e. The number of unbranched alkanes of at least 4 members (excludes halogenated alkanes) is 5. The third-order valence-corrected chi connectivity index (χ3v) is 7.65. The van der Waals surface area contributed by atoms with Crippen molar-refractivity contribution >= 4 is 0 Å². The van der Waals surface area contributed by atoms with Crippen molar-refractivity contribution in [2.75, 3.05) is 6.61 Å². The number of aryl methyl sites for hydroxylation is 1. The molecule has 3 aromatic rings. The second kappa shape index (κ2) is 13.8. The predicted molar refractivity (Wildman–Crippen MR) is 151 cm³/mol. The van der Waals surface area contributed by atoms with Crippen LogP contribution in [-0.4, -0.2) is 12.7 Å². The molecule has 2 atom stereocenters. The van der Waals surface area contributed by atoms with E-state index >= 15 is 4.39 Å². The Morgan fingerprint density at radius 2 is 1.50 bits per heavy atom. The van der Waals surface area contributed by atoms with E-state index in [1.54, 1.807) is 30.3 Å². The molecule has 0 saturated carbocycles. The lowest BCUT2D eigenvalue weighted by molar-refractivity contribution is 0.0319. The van der Waals surface area contributed by atoms with Crippen LogP contribution >= 0.6 is 0 Å². The lowest BCUT2D eigenvalue weighted by Gasteiger charge is -2.28. The summed E-state index contributed by atoms with van der Waals surface area (Å²) in [6.45, 7) is 4.67. The molecule has 1 heterocycles. The second-order valence-corrected chi connectivity index (χ2v) is 10.4. The van der Waals surface area contributed by atoms with Crippen LogP contribution in [0.25, 0.3) is 22.3 Å². The number of hydrogen-bond acceptors (Lipinski definition) is 1. The monoisotopic (exact) mass is 520 g/mol. The molecule has 202 valence electrons. The second-order valence-electron chi connectivity index (χ2n) is 10.4. The maximum atomic E-state index is 15.1. The van der Waals surface area contributed by atoms with Crippen molar-refractivity contribution in [1.29, 1.82) is 0 Å². The maximum Gasteiger partial charge on any atom is 0.166 e. The minimum absolute atomic E-state index is 0.0508. The molecule has 0 bridgehead atoms. The van der Waals surface area contributed by atoms with Crippen LogP contribution in [0.3, 0.4) is 0 Å². The molecule has 38 heavy (non-hydrogen) atoms. The summed E-state index contributed by atoms with van der Waals surface area (Å²) in [5.41, 5.74) is 3.55. The number of ether oxygens (including phenoxy) is 1. The van der Waals surface area contributed by atoms with Crippen LogP contribution in [0.5, 0.6) is 0 Å². The highest BCUT2D eigenvalue weighted by atomic mass is 19.2. The smallest absolute Gasteiger partial charge is 0.166 e. The summed E-state index contributed by atoms with van der Waals surface area (Å²) in [5.74, 6) is -1.74. The van der Waals surface area contributed by atoms with Crippen molar-refractivity contribution in [3.63, 3.8) is 0 Å². The molecule has 4 rings (SSSR count). The quantitative estimate of drug-likeness (QED) is 0.180. The Morgan fingerprint density at radius 1 is 0.789 bits per heavy atom. The Labute approximate surface area is 225 Å². The van der Waals surface area contributed by atoms with Gasteiger partial charge in [-0.1, -0.05) is 99.7 Å². The molecule has 0 radical (unpaired) electrons. The molecule has 0 amide bonds. The Balaban J connectivity index is 1.41. The minimum Gasteiger partial charge on any atom is -0.374 e. The van der Waals surface area contributed by atoms with Crippen molar-refractivity contribution < 1.29 is 17.9 Å². The average molecular weight is 521 g/mol. The number of halogens is 3. The molecule has 0 aliphatic carbocycles. The van der Waals surface area contributed by atoms with E-state index in [0.717, 1.165) is 43.2 Å². The molecule has 1 aliphatic heterocycles. The first-order valence-corrected chi connectivity index (χ1v) is 14.1. The van der Waals surface area contributed by atoms with Crippen molar-refractivity contribution in [3.8, 4) is 22.3 Å². The molecular weight excluding hydrogens is 481 g/mol. The summed E-state index contributed by atoms with van der Waals surface area (Å²) in [4.78, 5) is 0. The molecule has 3 aromatic carbocycles. The minimum atomic E-state index is -0.803. The van der Waals surface area contributed by atoms with Crippen molar-refractivity contribution in [2.45, 2.75) is 83.7 Å². The number of allylic oxidation sites excluding steroid dienone is 1. The highest BCUT2D eigenvalue weighted by Crippen LogP contribution is 2.34.